The first-order valence-electron chi connectivity index (χ1n) is 8.08. The van der Waals surface area contributed by atoms with E-state index >= 15 is 0 Å². The lowest BCUT2D eigenvalue weighted by Crippen LogP contribution is -2.42. The van der Waals surface area contributed by atoms with Crippen LogP contribution in [0.1, 0.15) is 28.8 Å². The molecule has 1 amide bonds. The van der Waals surface area contributed by atoms with Gasteiger partial charge in [0.05, 0.1) is 5.56 Å². The van der Waals surface area contributed by atoms with Crippen molar-refractivity contribution < 1.29 is 26.7 Å². The SMILES string of the molecule is O=C(NCC1CC(F)(F)C1)c1ccccc1-c1ccc(C(F)(F)F)cc1. The molecule has 1 aliphatic carbocycles. The second-order valence-corrected chi connectivity index (χ2v) is 6.46. The molecule has 7 heteroatoms. The maximum atomic E-state index is 12.8. The fraction of sp³-hybridized carbons (Fsp3) is 0.316. The molecule has 2 aromatic carbocycles. The first-order chi connectivity index (χ1) is 12.2. The molecule has 3 rings (SSSR count). The molecule has 0 heterocycles. The summed E-state index contributed by atoms with van der Waals surface area (Å²) >= 11 is 0. The topological polar surface area (TPSA) is 29.1 Å². The average Bonchev–Trinajstić information content (AvgIpc) is 2.57. The predicted octanol–water partition coefficient (Wildman–Crippen LogP) is 5.15. The Kier molecular flexibility index (Phi) is 4.73. The molecule has 1 aliphatic rings. The molecule has 26 heavy (non-hydrogen) atoms. The monoisotopic (exact) mass is 369 g/mol. The highest BCUT2D eigenvalue weighted by Gasteiger charge is 2.45. The van der Waals surface area contributed by atoms with Crippen molar-refractivity contribution in [1.29, 1.82) is 0 Å². The number of hydrogen-bond donors (Lipinski definition) is 1. The van der Waals surface area contributed by atoms with Crippen LogP contribution in [0.3, 0.4) is 0 Å². The van der Waals surface area contributed by atoms with Gasteiger partial charge in [-0.05, 0) is 35.2 Å². The Labute approximate surface area is 147 Å². The Morgan fingerprint density at radius 2 is 1.65 bits per heavy atom. The summed E-state index contributed by atoms with van der Waals surface area (Å²) in [5.74, 6) is -3.34. The molecule has 1 saturated carbocycles. The summed E-state index contributed by atoms with van der Waals surface area (Å²) in [6, 6.07) is 11.0. The van der Waals surface area contributed by atoms with Gasteiger partial charge in [0, 0.05) is 24.9 Å². The number of carbonyl (C=O) groups excluding carboxylic acids is 1. The van der Waals surface area contributed by atoms with Crippen molar-refractivity contribution in [3.63, 3.8) is 0 Å². The van der Waals surface area contributed by atoms with Crippen LogP contribution in [0.2, 0.25) is 0 Å². The molecule has 0 aromatic heterocycles. The van der Waals surface area contributed by atoms with Crippen molar-refractivity contribution in [1.82, 2.24) is 5.32 Å². The molecule has 0 radical (unpaired) electrons. The third kappa shape index (κ3) is 4.03. The fourth-order valence-electron chi connectivity index (χ4n) is 3.03. The second-order valence-electron chi connectivity index (χ2n) is 6.46. The number of hydrogen-bond acceptors (Lipinski definition) is 1. The van der Waals surface area contributed by atoms with Crippen LogP contribution < -0.4 is 5.32 Å². The van der Waals surface area contributed by atoms with Gasteiger partial charge in [0.25, 0.3) is 5.91 Å². The molecule has 2 aromatic rings. The molecular weight excluding hydrogens is 353 g/mol. The first kappa shape index (κ1) is 18.4. The summed E-state index contributed by atoms with van der Waals surface area (Å²) in [6.07, 6.45) is -4.91. The van der Waals surface area contributed by atoms with Gasteiger partial charge in [0.1, 0.15) is 0 Å². The van der Waals surface area contributed by atoms with Crippen molar-refractivity contribution in [3.8, 4) is 11.1 Å². The van der Waals surface area contributed by atoms with E-state index in [0.717, 1.165) is 12.1 Å². The van der Waals surface area contributed by atoms with E-state index in [1.165, 1.54) is 12.1 Å². The molecule has 0 spiro atoms. The minimum Gasteiger partial charge on any atom is -0.352 e. The van der Waals surface area contributed by atoms with E-state index in [1.807, 2.05) is 0 Å². The molecule has 0 saturated heterocycles. The van der Waals surface area contributed by atoms with Gasteiger partial charge < -0.3 is 5.32 Å². The largest absolute Gasteiger partial charge is 0.416 e. The number of nitrogens with one attached hydrogen (secondary N) is 1. The summed E-state index contributed by atoms with van der Waals surface area (Å²) in [4.78, 5) is 12.4. The highest BCUT2D eigenvalue weighted by molar-refractivity contribution is 6.00. The summed E-state index contributed by atoms with van der Waals surface area (Å²) in [5.41, 5.74) is 0.476. The van der Waals surface area contributed by atoms with Crippen LogP contribution in [0, 0.1) is 5.92 Å². The molecule has 138 valence electrons. The van der Waals surface area contributed by atoms with Gasteiger partial charge in [-0.2, -0.15) is 13.2 Å². The lowest BCUT2D eigenvalue weighted by atomic mass is 9.81. The van der Waals surface area contributed by atoms with E-state index < -0.39 is 23.6 Å². The number of benzene rings is 2. The zero-order valence-electron chi connectivity index (χ0n) is 13.6. The number of alkyl halides is 5. The highest BCUT2D eigenvalue weighted by atomic mass is 19.4. The highest BCUT2D eigenvalue weighted by Crippen LogP contribution is 2.41. The van der Waals surface area contributed by atoms with Gasteiger partial charge >= 0.3 is 6.18 Å². The first-order valence-corrected chi connectivity index (χ1v) is 8.08. The van der Waals surface area contributed by atoms with Crippen LogP contribution in [-0.2, 0) is 6.18 Å². The Bertz CT molecular complexity index is 790. The van der Waals surface area contributed by atoms with Crippen molar-refractivity contribution in [3.05, 3.63) is 59.7 Å². The number of halogens is 5. The summed E-state index contributed by atoms with van der Waals surface area (Å²) < 4.78 is 63.7. The van der Waals surface area contributed by atoms with Crippen LogP contribution in [0.4, 0.5) is 22.0 Å². The fourth-order valence-corrected chi connectivity index (χ4v) is 3.03. The average molecular weight is 369 g/mol. The second kappa shape index (κ2) is 6.70. The van der Waals surface area contributed by atoms with Gasteiger partial charge in [0.15, 0.2) is 0 Å². The maximum absolute atomic E-state index is 12.8. The van der Waals surface area contributed by atoms with Crippen LogP contribution in [0.25, 0.3) is 11.1 Å². The van der Waals surface area contributed by atoms with E-state index in [-0.39, 0.29) is 25.3 Å². The van der Waals surface area contributed by atoms with Crippen molar-refractivity contribution >= 4 is 5.91 Å². The zero-order valence-corrected chi connectivity index (χ0v) is 13.6. The Morgan fingerprint density at radius 1 is 1.04 bits per heavy atom. The lowest BCUT2D eigenvalue weighted by Gasteiger charge is -2.34. The van der Waals surface area contributed by atoms with E-state index in [0.29, 0.717) is 16.7 Å². The number of amides is 1. The lowest BCUT2D eigenvalue weighted by molar-refractivity contribution is -0.137. The normalized spacial score (nSPS) is 16.8. The quantitative estimate of drug-likeness (QED) is 0.742. The van der Waals surface area contributed by atoms with Gasteiger partial charge in [-0.3, -0.25) is 4.79 Å². The molecule has 0 bridgehead atoms. The summed E-state index contributed by atoms with van der Waals surface area (Å²) in [5, 5.41) is 2.63. The van der Waals surface area contributed by atoms with E-state index in [4.69, 9.17) is 0 Å². The smallest absolute Gasteiger partial charge is 0.352 e. The molecule has 0 atom stereocenters. The van der Waals surface area contributed by atoms with Crippen LogP contribution in [0.15, 0.2) is 48.5 Å². The Morgan fingerprint density at radius 3 is 2.23 bits per heavy atom. The van der Waals surface area contributed by atoms with Gasteiger partial charge in [-0.15, -0.1) is 0 Å². The third-order valence-corrected chi connectivity index (χ3v) is 4.42. The third-order valence-electron chi connectivity index (χ3n) is 4.42. The standard InChI is InChI=1S/C19H16F5NO/c20-18(21)9-12(10-18)11-25-17(26)16-4-2-1-3-15(16)13-5-7-14(8-6-13)19(22,23)24/h1-8,12H,9-11H2,(H,25,26). The van der Waals surface area contributed by atoms with Crippen LogP contribution in [-0.4, -0.2) is 18.4 Å². The van der Waals surface area contributed by atoms with Gasteiger partial charge in [-0.25, -0.2) is 8.78 Å². The minimum atomic E-state index is -4.43. The summed E-state index contributed by atoms with van der Waals surface area (Å²) in [7, 11) is 0. The molecule has 0 aliphatic heterocycles. The Hall–Kier alpha value is -2.44. The van der Waals surface area contributed by atoms with E-state index in [9.17, 15) is 26.7 Å². The molecule has 1 fully saturated rings. The van der Waals surface area contributed by atoms with Crippen molar-refractivity contribution in [2.75, 3.05) is 6.54 Å². The Balaban J connectivity index is 1.74. The van der Waals surface area contributed by atoms with E-state index in [2.05, 4.69) is 5.32 Å². The molecule has 1 N–H and O–H groups in total. The van der Waals surface area contributed by atoms with E-state index in [1.54, 1.807) is 24.3 Å². The zero-order chi connectivity index (χ0) is 18.9. The molecule has 2 nitrogen and oxygen atoms in total. The van der Waals surface area contributed by atoms with Gasteiger partial charge in [-0.1, -0.05) is 30.3 Å². The van der Waals surface area contributed by atoms with Crippen molar-refractivity contribution in [2.45, 2.75) is 24.9 Å². The summed E-state index contributed by atoms with van der Waals surface area (Å²) in [6.45, 7) is 0.149. The molecule has 0 unspecified atom stereocenters. The van der Waals surface area contributed by atoms with Crippen LogP contribution >= 0.6 is 0 Å². The van der Waals surface area contributed by atoms with Gasteiger partial charge in [0.2, 0.25) is 5.92 Å². The molecular formula is C19H16F5NO. The predicted molar refractivity (Wildman–Crippen MR) is 86.9 cm³/mol. The van der Waals surface area contributed by atoms with Crippen LogP contribution in [0.5, 0.6) is 0 Å². The van der Waals surface area contributed by atoms with Crippen molar-refractivity contribution in [2.24, 2.45) is 5.92 Å². The number of carbonyl (C=O) groups is 1. The number of rotatable bonds is 4. The maximum Gasteiger partial charge on any atom is 0.416 e. The minimum absolute atomic E-state index is 0.149.